The molecule has 0 aliphatic rings. The van der Waals surface area contributed by atoms with E-state index in [1.54, 1.807) is 36.4 Å². The van der Waals surface area contributed by atoms with Crippen LogP contribution in [0.1, 0.15) is 10.4 Å². The third-order valence-corrected chi connectivity index (χ3v) is 4.34. The van der Waals surface area contributed by atoms with Gasteiger partial charge in [0.25, 0.3) is 5.91 Å². The number of hydrogen-bond acceptors (Lipinski definition) is 4. The second kappa shape index (κ2) is 7.35. The van der Waals surface area contributed by atoms with Crippen molar-refractivity contribution in [3.63, 3.8) is 0 Å². The second-order valence-corrected chi connectivity index (χ2v) is 6.07. The highest BCUT2D eigenvalue weighted by Crippen LogP contribution is 2.22. The molecule has 0 fully saturated rings. The summed E-state index contributed by atoms with van der Waals surface area (Å²) in [6.45, 7) is 0. The normalized spacial score (nSPS) is 12.0. The van der Waals surface area contributed by atoms with Crippen molar-refractivity contribution in [1.29, 1.82) is 0 Å². The van der Waals surface area contributed by atoms with Crippen LogP contribution in [0.25, 0.3) is 10.8 Å². The zero-order chi connectivity index (χ0) is 16.9. The van der Waals surface area contributed by atoms with Crippen LogP contribution in [-0.2, 0) is 20.4 Å². The Balaban J connectivity index is 1.70. The highest BCUT2D eigenvalue weighted by atomic mass is 32.2. The lowest BCUT2D eigenvalue weighted by molar-refractivity contribution is -0.328. The molecule has 1 atom stereocenters. The van der Waals surface area contributed by atoms with Gasteiger partial charge in [-0.15, -0.1) is 4.33 Å². The molecule has 0 aromatic heterocycles. The summed E-state index contributed by atoms with van der Waals surface area (Å²) in [5, 5.41) is 2.65. The quantitative estimate of drug-likeness (QED) is 0.526. The fourth-order valence-electron chi connectivity index (χ4n) is 2.25. The number of hydrogen-bond donors (Lipinski definition) is 0. The molecule has 1 unspecified atom stereocenters. The lowest BCUT2D eigenvalue weighted by atomic mass is 10.1. The van der Waals surface area contributed by atoms with Crippen molar-refractivity contribution in [3.8, 4) is 0 Å². The van der Waals surface area contributed by atoms with Gasteiger partial charge in [0, 0.05) is 18.0 Å². The monoisotopic (exact) mass is 341 g/mol. The molecular formula is C18H15NO4S. The number of fused-ring (bicyclic) bond motifs is 1. The summed E-state index contributed by atoms with van der Waals surface area (Å²) in [7, 11) is 1.40. The molecule has 0 heterocycles. The molecule has 122 valence electrons. The Kier molecular flexibility index (Phi) is 5.00. The van der Waals surface area contributed by atoms with Crippen molar-refractivity contribution < 1.29 is 18.3 Å². The Labute approximate surface area is 142 Å². The Morgan fingerprint density at radius 1 is 0.917 bits per heavy atom. The van der Waals surface area contributed by atoms with E-state index in [0.717, 1.165) is 15.8 Å². The van der Waals surface area contributed by atoms with Crippen LogP contribution in [0.15, 0.2) is 77.7 Å². The third kappa shape index (κ3) is 3.51. The van der Waals surface area contributed by atoms with Crippen LogP contribution in [0.5, 0.6) is 0 Å². The van der Waals surface area contributed by atoms with Gasteiger partial charge in [0.05, 0.1) is 4.90 Å². The average Bonchev–Trinajstić information content (AvgIpc) is 2.65. The summed E-state index contributed by atoms with van der Waals surface area (Å²) in [5.41, 5.74) is 0.444. The fraction of sp³-hybridized carbons (Fsp3) is 0.0556. The Morgan fingerprint density at radius 2 is 1.58 bits per heavy atom. The molecule has 0 bridgehead atoms. The molecule has 1 amide bonds. The molecule has 0 saturated carbocycles. The molecule has 0 spiro atoms. The number of nitrogens with zero attached hydrogens (tertiary/aromatic N) is 1. The number of carbonyl (C=O) groups excluding carboxylic acids is 1. The topological polar surface area (TPSA) is 55.8 Å². The molecule has 0 saturated heterocycles. The molecule has 0 aliphatic carbocycles. The van der Waals surface area contributed by atoms with Gasteiger partial charge in [-0.25, -0.2) is 4.21 Å². The van der Waals surface area contributed by atoms with E-state index in [9.17, 15) is 9.00 Å². The summed E-state index contributed by atoms with van der Waals surface area (Å²) < 4.78 is 17.3. The van der Waals surface area contributed by atoms with Crippen molar-refractivity contribution in [3.05, 3.63) is 78.4 Å². The minimum Gasteiger partial charge on any atom is -0.267 e. The lowest BCUT2D eigenvalue weighted by Crippen LogP contribution is -2.27. The SMILES string of the molecule is CN(OOS(=O)c1cccc2ccccc12)C(=O)c1ccccc1. The summed E-state index contributed by atoms with van der Waals surface area (Å²) in [6, 6.07) is 21.5. The van der Waals surface area contributed by atoms with Gasteiger partial charge in [-0.2, -0.15) is 5.06 Å². The third-order valence-electron chi connectivity index (χ3n) is 3.44. The van der Waals surface area contributed by atoms with Gasteiger partial charge in [0.15, 0.2) is 0 Å². The number of hydroxylamine groups is 2. The number of amides is 1. The van der Waals surface area contributed by atoms with Crippen LogP contribution >= 0.6 is 0 Å². The largest absolute Gasteiger partial charge is 0.279 e. The Morgan fingerprint density at radius 3 is 2.38 bits per heavy atom. The number of rotatable bonds is 5. The van der Waals surface area contributed by atoms with E-state index in [0.29, 0.717) is 10.5 Å². The van der Waals surface area contributed by atoms with Crippen LogP contribution in [-0.4, -0.2) is 22.2 Å². The standard InChI is InChI=1S/C18H15NO4S/c1-19(18(20)15-9-3-2-4-10-15)22-23-24(21)17-13-7-11-14-8-5-6-12-16(14)17/h2-13H,1H3. The average molecular weight is 341 g/mol. The molecule has 0 aliphatic heterocycles. The first-order valence-electron chi connectivity index (χ1n) is 7.24. The lowest BCUT2D eigenvalue weighted by Gasteiger charge is -2.14. The van der Waals surface area contributed by atoms with Crippen molar-refractivity contribution in [2.45, 2.75) is 4.90 Å². The summed E-state index contributed by atoms with van der Waals surface area (Å²) in [5.74, 6) is -0.398. The van der Waals surface area contributed by atoms with Crippen molar-refractivity contribution >= 4 is 27.8 Å². The van der Waals surface area contributed by atoms with Crippen molar-refractivity contribution in [1.82, 2.24) is 5.06 Å². The fourth-order valence-corrected chi connectivity index (χ4v) is 3.02. The van der Waals surface area contributed by atoms with Gasteiger partial charge in [0.2, 0.25) is 11.1 Å². The van der Waals surface area contributed by atoms with Crippen LogP contribution in [0, 0.1) is 0 Å². The maximum absolute atomic E-state index is 12.3. The predicted octanol–water partition coefficient (Wildman–Crippen LogP) is 3.50. The first-order chi connectivity index (χ1) is 11.7. The molecule has 5 nitrogen and oxygen atoms in total. The van der Waals surface area contributed by atoms with Crippen molar-refractivity contribution in [2.75, 3.05) is 7.05 Å². The van der Waals surface area contributed by atoms with E-state index in [1.807, 2.05) is 36.4 Å². The molecule has 6 heteroatoms. The van der Waals surface area contributed by atoms with Crippen LogP contribution in [0.2, 0.25) is 0 Å². The van der Waals surface area contributed by atoms with Gasteiger partial charge in [0.1, 0.15) is 0 Å². The van der Waals surface area contributed by atoms with E-state index in [-0.39, 0.29) is 0 Å². The minimum absolute atomic E-state index is 0.398. The van der Waals surface area contributed by atoms with E-state index in [2.05, 4.69) is 0 Å². The molecule has 3 aromatic rings. The summed E-state index contributed by atoms with van der Waals surface area (Å²) in [4.78, 5) is 17.5. The number of carbonyl (C=O) groups is 1. The predicted molar refractivity (Wildman–Crippen MR) is 91.1 cm³/mol. The van der Waals surface area contributed by atoms with E-state index >= 15 is 0 Å². The van der Waals surface area contributed by atoms with E-state index < -0.39 is 17.0 Å². The second-order valence-electron chi connectivity index (χ2n) is 5.02. The first-order valence-corrected chi connectivity index (χ1v) is 8.32. The first kappa shape index (κ1) is 16.3. The van der Waals surface area contributed by atoms with E-state index in [1.165, 1.54) is 7.05 Å². The molecule has 24 heavy (non-hydrogen) atoms. The minimum atomic E-state index is -1.87. The van der Waals surface area contributed by atoms with Crippen molar-refractivity contribution in [2.24, 2.45) is 0 Å². The van der Waals surface area contributed by atoms with Crippen LogP contribution in [0.4, 0.5) is 0 Å². The van der Waals surface area contributed by atoms with Gasteiger partial charge in [-0.05, 0) is 23.6 Å². The van der Waals surface area contributed by atoms with Crippen LogP contribution in [0.3, 0.4) is 0 Å². The smallest absolute Gasteiger partial charge is 0.267 e. The molecule has 3 aromatic carbocycles. The molecular weight excluding hydrogens is 326 g/mol. The van der Waals surface area contributed by atoms with Gasteiger partial charge >= 0.3 is 0 Å². The van der Waals surface area contributed by atoms with Crippen LogP contribution < -0.4 is 0 Å². The summed E-state index contributed by atoms with van der Waals surface area (Å²) >= 11 is -1.87. The zero-order valence-corrected chi connectivity index (χ0v) is 13.7. The highest BCUT2D eigenvalue weighted by Gasteiger charge is 2.16. The maximum atomic E-state index is 12.3. The molecule has 0 radical (unpaired) electrons. The maximum Gasteiger partial charge on any atom is 0.279 e. The highest BCUT2D eigenvalue weighted by molar-refractivity contribution is 7.80. The van der Waals surface area contributed by atoms with E-state index in [4.69, 9.17) is 9.32 Å². The summed E-state index contributed by atoms with van der Waals surface area (Å²) in [6.07, 6.45) is 0. The van der Waals surface area contributed by atoms with Gasteiger partial charge in [-0.3, -0.25) is 4.79 Å². The number of benzene rings is 3. The Bertz CT molecular complexity index is 877. The van der Waals surface area contributed by atoms with Gasteiger partial charge < -0.3 is 0 Å². The zero-order valence-electron chi connectivity index (χ0n) is 12.9. The Hall–Kier alpha value is -2.54. The van der Waals surface area contributed by atoms with Gasteiger partial charge in [-0.1, -0.05) is 59.6 Å². The molecule has 0 N–H and O–H groups in total. The molecule has 3 rings (SSSR count).